The number of nitrogens with one attached hydrogen (secondary N) is 2. The van der Waals surface area contributed by atoms with Crippen molar-refractivity contribution in [1.29, 1.82) is 0 Å². The Bertz CT molecular complexity index is 759. The third kappa shape index (κ3) is 2.79. The second-order valence-corrected chi connectivity index (χ2v) is 4.56. The van der Waals surface area contributed by atoms with Crippen LogP contribution in [0.4, 0.5) is 5.69 Å². The molecule has 0 fully saturated rings. The van der Waals surface area contributed by atoms with Crippen molar-refractivity contribution in [3.63, 3.8) is 0 Å². The summed E-state index contributed by atoms with van der Waals surface area (Å²) in [6.07, 6.45) is 1.32. The molecule has 0 bridgehead atoms. The van der Waals surface area contributed by atoms with E-state index in [1.807, 2.05) is 32.0 Å². The van der Waals surface area contributed by atoms with Crippen LogP contribution in [0.15, 0.2) is 28.0 Å². The van der Waals surface area contributed by atoms with Crippen molar-refractivity contribution >= 4 is 24.1 Å². The van der Waals surface area contributed by atoms with E-state index in [2.05, 4.69) is 15.0 Å². The van der Waals surface area contributed by atoms with Gasteiger partial charge in [0.25, 0.3) is 5.56 Å². The first-order valence-corrected chi connectivity index (χ1v) is 6.05. The van der Waals surface area contributed by atoms with Crippen molar-refractivity contribution in [2.75, 3.05) is 0 Å². The Kier molecular flexibility index (Phi) is 3.62. The van der Waals surface area contributed by atoms with Gasteiger partial charge < -0.3 is 10.1 Å². The zero-order valence-electron chi connectivity index (χ0n) is 10.5. The van der Waals surface area contributed by atoms with E-state index >= 15 is 0 Å². The second-order valence-electron chi connectivity index (χ2n) is 4.15. The summed E-state index contributed by atoms with van der Waals surface area (Å²) in [5.74, 6) is -0.289. The summed E-state index contributed by atoms with van der Waals surface area (Å²) < 4.78 is 0.0754. The minimum absolute atomic E-state index is 0.0505. The van der Waals surface area contributed by atoms with Gasteiger partial charge in [-0.15, -0.1) is 0 Å². The van der Waals surface area contributed by atoms with Crippen molar-refractivity contribution < 1.29 is 5.11 Å². The van der Waals surface area contributed by atoms with Crippen LogP contribution in [0.5, 0.6) is 5.88 Å². The maximum Gasteiger partial charge on any atom is 0.264 e. The van der Waals surface area contributed by atoms with E-state index in [0.717, 1.165) is 16.8 Å². The highest BCUT2D eigenvalue weighted by atomic mass is 32.1. The van der Waals surface area contributed by atoms with Gasteiger partial charge in [0.1, 0.15) is 5.56 Å². The molecule has 0 radical (unpaired) electrons. The first kappa shape index (κ1) is 13.2. The summed E-state index contributed by atoms with van der Waals surface area (Å²) in [5.41, 5.74) is 2.46. The highest BCUT2D eigenvalue weighted by molar-refractivity contribution is 7.71. The summed E-state index contributed by atoms with van der Waals surface area (Å²) in [6, 6.07) is 5.71. The SMILES string of the molecule is Cc1cccc(N=Cc2c(O)[nH]c(=S)[nH]c2=O)c1C. The van der Waals surface area contributed by atoms with E-state index in [4.69, 9.17) is 12.2 Å². The molecule has 1 aromatic heterocycles. The highest BCUT2D eigenvalue weighted by Crippen LogP contribution is 2.21. The van der Waals surface area contributed by atoms with E-state index in [-0.39, 0.29) is 16.2 Å². The third-order valence-corrected chi connectivity index (χ3v) is 3.07. The monoisotopic (exact) mass is 275 g/mol. The van der Waals surface area contributed by atoms with Gasteiger partial charge in [0, 0.05) is 6.21 Å². The fraction of sp³-hybridized carbons (Fsp3) is 0.154. The standard InChI is InChI=1S/C13H13N3O2S/c1-7-4-3-5-10(8(7)2)14-6-9-11(17)15-13(19)16-12(9)18/h3-6H,1-2H3,(H3,15,16,17,18,19). The smallest absolute Gasteiger partial charge is 0.264 e. The zero-order valence-corrected chi connectivity index (χ0v) is 11.3. The molecule has 5 nitrogen and oxygen atoms in total. The highest BCUT2D eigenvalue weighted by Gasteiger charge is 2.05. The number of aryl methyl sites for hydroxylation is 1. The van der Waals surface area contributed by atoms with Crippen molar-refractivity contribution in [3.05, 3.63) is 50.0 Å². The molecule has 6 heteroatoms. The Balaban J connectivity index is 2.47. The van der Waals surface area contributed by atoms with Crippen LogP contribution in [0.1, 0.15) is 16.7 Å². The van der Waals surface area contributed by atoms with Gasteiger partial charge in [0.15, 0.2) is 4.77 Å². The molecule has 0 amide bonds. The molecule has 0 aliphatic carbocycles. The molecule has 0 spiro atoms. The minimum Gasteiger partial charge on any atom is -0.494 e. The number of aromatic amines is 2. The second kappa shape index (κ2) is 5.19. The molecule has 0 unspecified atom stereocenters. The van der Waals surface area contributed by atoms with Crippen LogP contribution in [0.3, 0.4) is 0 Å². The number of aromatic nitrogens is 2. The Morgan fingerprint density at radius 3 is 2.74 bits per heavy atom. The zero-order chi connectivity index (χ0) is 14.0. The van der Waals surface area contributed by atoms with Crippen LogP contribution in [0.25, 0.3) is 0 Å². The normalized spacial score (nSPS) is 11.1. The van der Waals surface area contributed by atoms with Gasteiger partial charge in [-0.25, -0.2) is 0 Å². The fourth-order valence-corrected chi connectivity index (χ4v) is 1.80. The van der Waals surface area contributed by atoms with Crippen LogP contribution in [-0.2, 0) is 0 Å². The largest absolute Gasteiger partial charge is 0.494 e. The van der Waals surface area contributed by atoms with Crippen LogP contribution in [-0.4, -0.2) is 21.3 Å². The van der Waals surface area contributed by atoms with Crippen molar-refractivity contribution in [1.82, 2.24) is 9.97 Å². The summed E-state index contributed by atoms with van der Waals surface area (Å²) >= 11 is 4.75. The number of hydrogen-bond donors (Lipinski definition) is 3. The number of nitrogens with zero attached hydrogens (tertiary/aromatic N) is 1. The Morgan fingerprint density at radius 2 is 2.05 bits per heavy atom. The van der Waals surface area contributed by atoms with Crippen molar-refractivity contribution in [3.8, 4) is 5.88 Å². The van der Waals surface area contributed by atoms with E-state index in [1.54, 1.807) is 0 Å². The number of aliphatic imine (C=N–C) groups is 1. The van der Waals surface area contributed by atoms with Gasteiger partial charge in [-0.05, 0) is 43.3 Å². The van der Waals surface area contributed by atoms with Crippen LogP contribution >= 0.6 is 12.2 Å². The lowest BCUT2D eigenvalue weighted by Gasteiger charge is -2.03. The third-order valence-electron chi connectivity index (χ3n) is 2.87. The average molecular weight is 275 g/mol. The number of hydrogen-bond acceptors (Lipinski definition) is 4. The van der Waals surface area contributed by atoms with Crippen molar-refractivity contribution in [2.24, 2.45) is 4.99 Å². The van der Waals surface area contributed by atoms with Gasteiger partial charge in [-0.3, -0.25) is 14.8 Å². The average Bonchev–Trinajstić information content (AvgIpc) is 2.33. The minimum atomic E-state index is -0.477. The Hall–Kier alpha value is -2.21. The molecule has 0 aliphatic rings. The van der Waals surface area contributed by atoms with Crippen molar-refractivity contribution in [2.45, 2.75) is 13.8 Å². The molecule has 0 aliphatic heterocycles. The number of benzene rings is 1. The Morgan fingerprint density at radius 1 is 1.32 bits per heavy atom. The lowest BCUT2D eigenvalue weighted by atomic mass is 10.1. The molecular formula is C13H13N3O2S. The topological polar surface area (TPSA) is 81.2 Å². The van der Waals surface area contributed by atoms with Crippen LogP contribution < -0.4 is 5.56 Å². The quantitative estimate of drug-likeness (QED) is 0.582. The summed E-state index contributed by atoms with van der Waals surface area (Å²) in [7, 11) is 0. The lowest BCUT2D eigenvalue weighted by molar-refractivity contribution is 0.449. The first-order valence-electron chi connectivity index (χ1n) is 5.65. The maximum atomic E-state index is 11.6. The molecule has 1 aromatic carbocycles. The lowest BCUT2D eigenvalue weighted by Crippen LogP contribution is -2.13. The first-order chi connectivity index (χ1) is 8.99. The van der Waals surface area contributed by atoms with Gasteiger partial charge in [-0.2, -0.15) is 0 Å². The molecule has 0 atom stereocenters. The molecule has 0 saturated carbocycles. The van der Waals surface area contributed by atoms with Crippen LogP contribution in [0, 0.1) is 18.6 Å². The fourth-order valence-electron chi connectivity index (χ4n) is 1.61. The maximum absolute atomic E-state index is 11.6. The van der Waals surface area contributed by atoms with E-state index < -0.39 is 5.56 Å². The summed E-state index contributed by atoms with van der Waals surface area (Å²) in [6.45, 7) is 3.93. The summed E-state index contributed by atoms with van der Waals surface area (Å²) in [5, 5.41) is 9.64. The molecule has 0 saturated heterocycles. The van der Waals surface area contributed by atoms with Crippen LogP contribution in [0.2, 0.25) is 0 Å². The predicted octanol–water partition coefficient (Wildman–Crippen LogP) is 2.51. The van der Waals surface area contributed by atoms with E-state index in [9.17, 15) is 9.90 Å². The number of rotatable bonds is 2. The van der Waals surface area contributed by atoms with Gasteiger partial charge >= 0.3 is 0 Å². The molecule has 2 aromatic rings. The molecular weight excluding hydrogens is 262 g/mol. The molecule has 98 valence electrons. The van der Waals surface area contributed by atoms with Gasteiger partial charge in [0.2, 0.25) is 5.88 Å². The predicted molar refractivity (Wildman–Crippen MR) is 77.1 cm³/mol. The van der Waals surface area contributed by atoms with Gasteiger partial charge in [0.05, 0.1) is 5.69 Å². The molecule has 3 N–H and O–H groups in total. The molecule has 1 heterocycles. The number of H-pyrrole nitrogens is 2. The van der Waals surface area contributed by atoms with E-state index in [1.165, 1.54) is 6.21 Å². The number of aromatic hydroxyl groups is 1. The summed E-state index contributed by atoms with van der Waals surface area (Å²) in [4.78, 5) is 20.7. The van der Waals surface area contributed by atoms with Gasteiger partial charge in [-0.1, -0.05) is 12.1 Å². The Labute approximate surface area is 114 Å². The molecule has 2 rings (SSSR count). The van der Waals surface area contributed by atoms with E-state index in [0.29, 0.717) is 0 Å². The molecule has 19 heavy (non-hydrogen) atoms.